The van der Waals surface area contributed by atoms with Crippen molar-refractivity contribution in [2.24, 2.45) is 21.8 Å². The predicted octanol–water partition coefficient (Wildman–Crippen LogP) is 4.82. The van der Waals surface area contributed by atoms with Gasteiger partial charge < -0.3 is 0 Å². The summed E-state index contributed by atoms with van der Waals surface area (Å²) in [4.78, 5) is 8.31. The molecule has 1 saturated carbocycles. The van der Waals surface area contributed by atoms with Crippen LogP contribution in [0, 0.1) is 11.8 Å². The Bertz CT molecular complexity index is 423. The number of hydrogen-bond acceptors (Lipinski definition) is 4. The average molecular weight is 292 g/mol. The molecule has 1 atom stereocenters. The van der Waals surface area contributed by atoms with Crippen molar-refractivity contribution in [3.05, 3.63) is 11.8 Å². The minimum atomic E-state index is 0.448. The van der Waals surface area contributed by atoms with Crippen LogP contribution in [0.2, 0.25) is 0 Å². The second kappa shape index (κ2) is 7.81. The van der Waals surface area contributed by atoms with Crippen molar-refractivity contribution in [1.29, 1.82) is 0 Å². The highest BCUT2D eigenvalue weighted by atomic mass is 32.1. The molecule has 0 saturated heterocycles. The Labute approximate surface area is 126 Å². The summed E-state index contributed by atoms with van der Waals surface area (Å²) in [6.45, 7) is 0. The molecule has 102 valence electrons. The summed E-state index contributed by atoms with van der Waals surface area (Å²) in [7, 11) is 0. The molecule has 0 aliphatic heterocycles. The molecule has 0 bridgehead atoms. The summed E-state index contributed by atoms with van der Waals surface area (Å²) in [5.41, 5.74) is 1.13. The van der Waals surface area contributed by atoms with Gasteiger partial charge in [0.05, 0.1) is 16.4 Å². The van der Waals surface area contributed by atoms with Gasteiger partial charge in [0, 0.05) is 5.70 Å². The standard InChI is InChI=1S/C15H20N2S2/c18-10-16-14-5-1-12(2-6-14)9-13-3-7-15(8-4-13)17-11-19/h5,12-13,15H,1-4,6-9H2. The lowest BCUT2D eigenvalue weighted by Gasteiger charge is -2.29. The van der Waals surface area contributed by atoms with E-state index in [4.69, 9.17) is 0 Å². The van der Waals surface area contributed by atoms with Gasteiger partial charge in [-0.15, -0.1) is 0 Å². The molecule has 19 heavy (non-hydrogen) atoms. The van der Waals surface area contributed by atoms with Crippen molar-refractivity contribution in [3.63, 3.8) is 0 Å². The van der Waals surface area contributed by atoms with Crippen LogP contribution >= 0.6 is 24.4 Å². The van der Waals surface area contributed by atoms with Crippen molar-refractivity contribution in [2.75, 3.05) is 0 Å². The summed E-state index contributed by atoms with van der Waals surface area (Å²) >= 11 is 9.33. The van der Waals surface area contributed by atoms with Gasteiger partial charge in [-0.3, -0.25) is 0 Å². The van der Waals surface area contributed by atoms with Crippen LogP contribution in [0.5, 0.6) is 0 Å². The van der Waals surface area contributed by atoms with Gasteiger partial charge in [-0.1, -0.05) is 6.08 Å². The van der Waals surface area contributed by atoms with Crippen LogP contribution in [0.1, 0.15) is 51.4 Å². The highest BCUT2D eigenvalue weighted by Crippen LogP contribution is 2.35. The van der Waals surface area contributed by atoms with E-state index in [0.717, 1.165) is 30.4 Å². The monoisotopic (exact) mass is 292 g/mol. The number of nitrogens with zero attached hydrogens (tertiary/aromatic N) is 2. The molecule has 1 fully saturated rings. The first-order valence-corrected chi connectivity index (χ1v) is 7.97. The molecule has 0 N–H and O–H groups in total. The van der Waals surface area contributed by atoms with Crippen LogP contribution in [0.3, 0.4) is 0 Å². The minimum absolute atomic E-state index is 0.448. The van der Waals surface area contributed by atoms with Crippen LogP contribution in [0.4, 0.5) is 0 Å². The third-order valence-electron chi connectivity index (χ3n) is 4.40. The highest BCUT2D eigenvalue weighted by molar-refractivity contribution is 7.78. The molecule has 0 aromatic rings. The summed E-state index contributed by atoms with van der Waals surface area (Å²) in [5, 5.41) is 4.99. The lowest BCUT2D eigenvalue weighted by atomic mass is 9.77. The van der Waals surface area contributed by atoms with E-state index in [1.54, 1.807) is 0 Å². The fourth-order valence-corrected chi connectivity index (χ4v) is 3.57. The molecular weight excluding hydrogens is 272 g/mol. The number of aliphatic imine (C=N–C) groups is 2. The topological polar surface area (TPSA) is 24.7 Å². The van der Waals surface area contributed by atoms with Crippen molar-refractivity contribution in [1.82, 2.24) is 0 Å². The van der Waals surface area contributed by atoms with Crippen LogP contribution in [-0.2, 0) is 0 Å². The molecule has 0 spiro atoms. The van der Waals surface area contributed by atoms with Gasteiger partial charge in [0.15, 0.2) is 0 Å². The van der Waals surface area contributed by atoms with Gasteiger partial charge in [-0.2, -0.15) is 4.99 Å². The van der Waals surface area contributed by atoms with E-state index in [0.29, 0.717) is 6.04 Å². The fourth-order valence-electron chi connectivity index (χ4n) is 3.30. The minimum Gasteiger partial charge on any atom is -0.229 e. The Morgan fingerprint density at radius 3 is 2.42 bits per heavy atom. The Morgan fingerprint density at radius 1 is 1.05 bits per heavy atom. The third-order valence-corrected chi connectivity index (χ3v) is 4.60. The van der Waals surface area contributed by atoms with Gasteiger partial charge >= 0.3 is 0 Å². The zero-order chi connectivity index (χ0) is 13.5. The summed E-state index contributed by atoms with van der Waals surface area (Å²) in [6.07, 6.45) is 12.1. The van der Waals surface area contributed by atoms with Crippen molar-refractivity contribution in [2.45, 2.75) is 57.4 Å². The zero-order valence-corrected chi connectivity index (χ0v) is 12.8. The first-order valence-electron chi connectivity index (χ1n) is 7.15. The first-order chi connectivity index (χ1) is 9.31. The van der Waals surface area contributed by atoms with Crippen LogP contribution in [0.15, 0.2) is 21.8 Å². The second-order valence-corrected chi connectivity index (χ2v) is 6.03. The fraction of sp³-hybridized carbons (Fsp3) is 0.733. The average Bonchev–Trinajstić information content (AvgIpc) is 2.44. The maximum Gasteiger partial charge on any atom is 0.0637 e. The molecule has 2 aliphatic carbocycles. The van der Waals surface area contributed by atoms with E-state index < -0.39 is 0 Å². The molecule has 2 aliphatic rings. The molecular formula is C15H20N2S2. The number of thiocarbonyl (C=S) groups is 2. The Morgan fingerprint density at radius 2 is 1.84 bits per heavy atom. The van der Waals surface area contributed by atoms with Gasteiger partial charge in [0.2, 0.25) is 0 Å². The predicted molar refractivity (Wildman–Crippen MR) is 85.8 cm³/mol. The lowest BCUT2D eigenvalue weighted by molar-refractivity contribution is 0.260. The number of allylic oxidation sites excluding steroid dienone is 2. The molecule has 1 unspecified atom stereocenters. The largest absolute Gasteiger partial charge is 0.229 e. The number of rotatable bonds is 4. The van der Waals surface area contributed by atoms with E-state index in [-0.39, 0.29) is 0 Å². The zero-order valence-electron chi connectivity index (χ0n) is 11.2. The molecule has 2 rings (SSSR count). The van der Waals surface area contributed by atoms with Crippen molar-refractivity contribution in [3.8, 4) is 0 Å². The SMILES string of the molecule is S=C=NC1=CCC(CC2CCC(N=C=S)CC2)CC1. The summed E-state index contributed by atoms with van der Waals surface area (Å²) < 4.78 is 0. The number of hydrogen-bond donors (Lipinski definition) is 0. The second-order valence-electron chi connectivity index (χ2n) is 5.67. The van der Waals surface area contributed by atoms with Crippen LogP contribution in [0.25, 0.3) is 0 Å². The smallest absolute Gasteiger partial charge is 0.0637 e. The van der Waals surface area contributed by atoms with Crippen LogP contribution in [-0.4, -0.2) is 16.4 Å². The van der Waals surface area contributed by atoms with Gasteiger partial charge in [-0.05, 0) is 87.6 Å². The van der Waals surface area contributed by atoms with Gasteiger partial charge in [0.25, 0.3) is 0 Å². The van der Waals surface area contributed by atoms with E-state index in [1.165, 1.54) is 38.5 Å². The normalized spacial score (nSPS) is 30.7. The van der Waals surface area contributed by atoms with Crippen molar-refractivity contribution >= 4 is 34.8 Å². The number of isothiocyanates is 2. The highest BCUT2D eigenvalue weighted by Gasteiger charge is 2.24. The Kier molecular flexibility index (Phi) is 6.06. The summed E-state index contributed by atoms with van der Waals surface area (Å²) in [5.74, 6) is 1.71. The quantitative estimate of drug-likeness (QED) is 0.548. The molecule has 2 nitrogen and oxygen atoms in total. The van der Waals surface area contributed by atoms with E-state index in [1.807, 2.05) is 0 Å². The molecule has 0 aromatic carbocycles. The van der Waals surface area contributed by atoms with E-state index >= 15 is 0 Å². The lowest BCUT2D eigenvalue weighted by Crippen LogP contribution is -2.20. The molecule has 0 amide bonds. The Balaban J connectivity index is 1.75. The van der Waals surface area contributed by atoms with E-state index in [9.17, 15) is 0 Å². The van der Waals surface area contributed by atoms with Crippen LogP contribution < -0.4 is 0 Å². The molecule has 0 heterocycles. The van der Waals surface area contributed by atoms with Crippen molar-refractivity contribution < 1.29 is 0 Å². The molecule has 0 aromatic heterocycles. The maximum atomic E-state index is 4.68. The molecule has 4 heteroatoms. The van der Waals surface area contributed by atoms with Gasteiger partial charge in [-0.25, -0.2) is 4.99 Å². The summed E-state index contributed by atoms with van der Waals surface area (Å²) in [6, 6.07) is 0.448. The first kappa shape index (κ1) is 14.7. The van der Waals surface area contributed by atoms with E-state index in [2.05, 4.69) is 50.8 Å². The Hall–Kier alpha value is -0.660. The van der Waals surface area contributed by atoms with Gasteiger partial charge in [0.1, 0.15) is 0 Å². The molecule has 0 radical (unpaired) electrons. The third kappa shape index (κ3) is 4.74. The maximum absolute atomic E-state index is 4.68.